The molecule has 7 rings (SSSR count). The number of aryl methyl sites for hydroxylation is 1. The van der Waals surface area contributed by atoms with E-state index in [1.807, 2.05) is 18.5 Å². The summed E-state index contributed by atoms with van der Waals surface area (Å²) in [6.45, 7) is 4.42. The van der Waals surface area contributed by atoms with Crippen molar-refractivity contribution in [2.75, 3.05) is 0 Å². The van der Waals surface area contributed by atoms with Gasteiger partial charge in [-0.1, -0.05) is 97.9 Å². The van der Waals surface area contributed by atoms with E-state index < -0.39 is 0 Å². The van der Waals surface area contributed by atoms with Gasteiger partial charge in [0.15, 0.2) is 17.5 Å². The second kappa shape index (κ2) is 11.1. The van der Waals surface area contributed by atoms with Gasteiger partial charge in [0.25, 0.3) is 0 Å². The maximum Gasteiger partial charge on any atom is 0.164 e. The zero-order chi connectivity index (χ0) is 28.5. The van der Waals surface area contributed by atoms with Crippen molar-refractivity contribution in [3.63, 3.8) is 0 Å². The molecule has 2 aliphatic carbocycles. The van der Waals surface area contributed by atoms with Gasteiger partial charge in [0.05, 0.1) is 0 Å². The number of rotatable bonds is 5. The van der Waals surface area contributed by atoms with Crippen LogP contribution in [0.5, 0.6) is 0 Å². The average Bonchev–Trinajstić information content (AvgIpc) is 3.05. The Morgan fingerprint density at radius 3 is 2.31 bits per heavy atom. The van der Waals surface area contributed by atoms with Crippen molar-refractivity contribution in [2.24, 2.45) is 0 Å². The van der Waals surface area contributed by atoms with Crippen molar-refractivity contribution in [3.05, 3.63) is 138 Å². The molecule has 0 amide bonds. The molecule has 1 unspecified atom stereocenters. The lowest BCUT2D eigenvalue weighted by Gasteiger charge is -2.22. The van der Waals surface area contributed by atoms with Crippen molar-refractivity contribution in [3.8, 4) is 33.9 Å². The van der Waals surface area contributed by atoms with Crippen LogP contribution in [-0.4, -0.2) is 19.9 Å². The van der Waals surface area contributed by atoms with Gasteiger partial charge in [-0.2, -0.15) is 0 Å². The monoisotopic (exact) mass is 544 g/mol. The molecule has 0 fully saturated rings. The molecule has 4 heteroatoms. The van der Waals surface area contributed by atoms with Gasteiger partial charge in [-0.3, -0.25) is 4.98 Å². The Morgan fingerprint density at radius 1 is 0.714 bits per heavy atom. The highest BCUT2D eigenvalue weighted by Crippen LogP contribution is 2.38. The van der Waals surface area contributed by atoms with Crippen LogP contribution in [0, 0.1) is 6.92 Å². The zero-order valence-corrected chi connectivity index (χ0v) is 24.0. The first-order valence-corrected chi connectivity index (χ1v) is 14.7. The number of hydrogen-bond acceptors (Lipinski definition) is 4. The minimum Gasteiger partial charge on any atom is -0.264 e. The van der Waals surface area contributed by atoms with Crippen LogP contribution in [-0.2, 0) is 0 Å². The lowest BCUT2D eigenvalue weighted by molar-refractivity contribution is 0.772. The topological polar surface area (TPSA) is 51.6 Å². The number of nitrogens with zero attached hydrogens (tertiary/aromatic N) is 4. The van der Waals surface area contributed by atoms with Crippen LogP contribution in [0.2, 0.25) is 0 Å². The molecule has 204 valence electrons. The van der Waals surface area contributed by atoms with E-state index in [0.29, 0.717) is 11.7 Å². The van der Waals surface area contributed by atoms with Gasteiger partial charge in [0.2, 0.25) is 0 Å². The number of pyridine rings is 1. The predicted octanol–water partition coefficient (Wildman–Crippen LogP) is 9.36. The third kappa shape index (κ3) is 5.01. The molecule has 0 saturated carbocycles. The fourth-order valence-electron chi connectivity index (χ4n) is 6.03. The van der Waals surface area contributed by atoms with E-state index >= 15 is 0 Å². The summed E-state index contributed by atoms with van der Waals surface area (Å²) in [5.74, 6) is 2.56. The van der Waals surface area contributed by atoms with Gasteiger partial charge in [-0.25, -0.2) is 15.0 Å². The highest BCUT2D eigenvalue weighted by molar-refractivity contribution is 5.86. The summed E-state index contributed by atoms with van der Waals surface area (Å²) in [7, 11) is 0. The summed E-state index contributed by atoms with van der Waals surface area (Å²) < 4.78 is 0. The van der Waals surface area contributed by atoms with Crippen molar-refractivity contribution < 1.29 is 0 Å². The SMILES string of the molecule is Cc1ccncc1C1=CCCC(c2nc(-c3ccc(-c4ccccc4)cc3)nc(-c3cccc4c3C(C)CC=C4)n2)=C1. The fourth-order valence-corrected chi connectivity index (χ4v) is 6.03. The summed E-state index contributed by atoms with van der Waals surface area (Å²) in [5, 5.41) is 0. The van der Waals surface area contributed by atoms with Gasteiger partial charge in [0, 0.05) is 29.1 Å². The molecule has 0 saturated heterocycles. The van der Waals surface area contributed by atoms with Crippen LogP contribution in [0.25, 0.3) is 51.1 Å². The summed E-state index contributed by atoms with van der Waals surface area (Å²) in [6.07, 6.45) is 15.6. The van der Waals surface area contributed by atoms with Crippen molar-refractivity contribution in [1.82, 2.24) is 19.9 Å². The minimum atomic E-state index is 0.395. The van der Waals surface area contributed by atoms with Crippen LogP contribution in [0.1, 0.15) is 60.2 Å². The molecule has 0 N–H and O–H groups in total. The summed E-state index contributed by atoms with van der Waals surface area (Å²) in [4.78, 5) is 19.7. The maximum atomic E-state index is 5.15. The van der Waals surface area contributed by atoms with E-state index in [-0.39, 0.29) is 0 Å². The standard InChI is InChI=1S/C38H32N4/c1-25-21-22-39-24-34(25)31-14-7-15-32(23-31)37-40-36(30-19-17-28(18-20-30)27-10-4-3-5-11-27)41-38(42-37)33-16-8-13-29-12-6-9-26(2)35(29)33/h3-6,8,10-14,16-24,26H,7,9,15H2,1-2H3. The number of allylic oxidation sites excluding steroid dienone is 5. The van der Waals surface area contributed by atoms with Crippen molar-refractivity contribution in [1.29, 1.82) is 0 Å². The summed E-state index contributed by atoms with van der Waals surface area (Å²) >= 11 is 0. The highest BCUT2D eigenvalue weighted by Gasteiger charge is 2.22. The average molecular weight is 545 g/mol. The molecule has 0 aliphatic heterocycles. The quantitative estimate of drug-likeness (QED) is 0.221. The predicted molar refractivity (Wildman–Crippen MR) is 172 cm³/mol. The summed E-state index contributed by atoms with van der Waals surface area (Å²) in [5.41, 5.74) is 11.6. The molecule has 2 heterocycles. The van der Waals surface area contributed by atoms with E-state index in [1.54, 1.807) is 0 Å². The van der Waals surface area contributed by atoms with E-state index in [4.69, 9.17) is 15.0 Å². The Morgan fingerprint density at radius 2 is 1.48 bits per heavy atom. The second-order valence-electron chi connectivity index (χ2n) is 11.2. The Labute approximate surface area is 247 Å². The Hall–Kier alpha value is -4.96. The van der Waals surface area contributed by atoms with Crippen molar-refractivity contribution in [2.45, 2.75) is 39.0 Å². The number of hydrogen-bond donors (Lipinski definition) is 0. The lowest BCUT2D eigenvalue weighted by atomic mass is 9.85. The van der Waals surface area contributed by atoms with Crippen LogP contribution in [0.4, 0.5) is 0 Å². The van der Waals surface area contributed by atoms with E-state index in [2.05, 4.69) is 116 Å². The molecule has 5 aromatic rings. The van der Waals surface area contributed by atoms with E-state index in [1.165, 1.54) is 33.4 Å². The molecule has 1 atom stereocenters. The highest BCUT2D eigenvalue weighted by atomic mass is 15.0. The minimum absolute atomic E-state index is 0.395. The van der Waals surface area contributed by atoms with E-state index in [9.17, 15) is 0 Å². The van der Waals surface area contributed by atoms with Gasteiger partial charge in [0.1, 0.15) is 0 Å². The lowest BCUT2D eigenvalue weighted by Crippen LogP contribution is -2.08. The Kier molecular flexibility index (Phi) is 6.89. The molecule has 4 nitrogen and oxygen atoms in total. The van der Waals surface area contributed by atoms with Crippen LogP contribution < -0.4 is 0 Å². The molecule has 3 aromatic carbocycles. The first-order chi connectivity index (χ1) is 20.6. The van der Waals surface area contributed by atoms with Crippen LogP contribution in [0.3, 0.4) is 0 Å². The Bertz CT molecular complexity index is 1860. The van der Waals surface area contributed by atoms with Crippen LogP contribution in [0.15, 0.2) is 109 Å². The molecule has 42 heavy (non-hydrogen) atoms. The Balaban J connectivity index is 1.37. The number of fused-ring (bicyclic) bond motifs is 1. The zero-order valence-electron chi connectivity index (χ0n) is 24.0. The summed E-state index contributed by atoms with van der Waals surface area (Å²) in [6, 6.07) is 27.5. The van der Waals surface area contributed by atoms with Gasteiger partial charge >= 0.3 is 0 Å². The molecule has 0 spiro atoms. The number of aromatic nitrogens is 4. The normalized spacial score (nSPS) is 16.0. The number of benzene rings is 3. The van der Waals surface area contributed by atoms with Crippen LogP contribution >= 0.6 is 0 Å². The first kappa shape index (κ1) is 26.0. The third-order valence-corrected chi connectivity index (χ3v) is 8.29. The largest absolute Gasteiger partial charge is 0.264 e. The molecule has 0 bridgehead atoms. The van der Waals surface area contributed by atoms with Crippen molar-refractivity contribution >= 4 is 17.2 Å². The third-order valence-electron chi connectivity index (χ3n) is 8.29. The smallest absolute Gasteiger partial charge is 0.164 e. The molecule has 0 radical (unpaired) electrons. The molecule has 2 aliphatic rings. The van der Waals surface area contributed by atoms with E-state index in [0.717, 1.165) is 53.2 Å². The molecular formula is C38H32N4. The molecule has 2 aromatic heterocycles. The van der Waals surface area contributed by atoms with Gasteiger partial charge in [-0.15, -0.1) is 0 Å². The molecular weight excluding hydrogens is 512 g/mol. The van der Waals surface area contributed by atoms with Gasteiger partial charge in [-0.05, 0) is 83.2 Å². The van der Waals surface area contributed by atoms with Gasteiger partial charge < -0.3 is 0 Å². The first-order valence-electron chi connectivity index (χ1n) is 14.7. The second-order valence-corrected chi connectivity index (χ2v) is 11.2. The maximum absolute atomic E-state index is 5.15. The fraction of sp³-hybridized carbons (Fsp3) is 0.158.